The number of rotatable bonds is 5. The van der Waals surface area contributed by atoms with E-state index in [1.165, 1.54) is 19.0 Å². The van der Waals surface area contributed by atoms with E-state index in [4.69, 9.17) is 0 Å². The van der Waals surface area contributed by atoms with Crippen LogP contribution in [0.1, 0.15) is 19.3 Å². The van der Waals surface area contributed by atoms with Gasteiger partial charge in [0.2, 0.25) is 0 Å². The fourth-order valence-corrected chi connectivity index (χ4v) is 2.77. The van der Waals surface area contributed by atoms with Gasteiger partial charge in [-0.05, 0) is 54.2 Å². The molecule has 2 N–H and O–H groups in total. The molecule has 0 aromatic carbocycles. The molecule has 1 aromatic rings. The van der Waals surface area contributed by atoms with Gasteiger partial charge < -0.3 is 10.6 Å². The van der Waals surface area contributed by atoms with Gasteiger partial charge in [-0.1, -0.05) is 0 Å². The molecule has 1 unspecified atom stereocenters. The molecule has 1 fully saturated rings. The molecule has 1 aliphatic heterocycles. The van der Waals surface area contributed by atoms with Gasteiger partial charge in [0, 0.05) is 12.7 Å². The Morgan fingerprint density at radius 2 is 2.42 bits per heavy atom. The molecule has 0 spiro atoms. The molecule has 104 valence electrons. The first-order valence-electron chi connectivity index (χ1n) is 6.41. The highest BCUT2D eigenvalue weighted by molar-refractivity contribution is 9.10. The summed E-state index contributed by atoms with van der Waals surface area (Å²) in [4.78, 5) is 14.3. The third-order valence-electron chi connectivity index (χ3n) is 3.33. The van der Waals surface area contributed by atoms with E-state index in [1.807, 2.05) is 0 Å². The second kappa shape index (κ2) is 6.81. The number of aromatic nitrogens is 1. The molecule has 2 rings (SSSR count). The molecule has 0 saturated carbocycles. The summed E-state index contributed by atoms with van der Waals surface area (Å²) < 4.78 is 0.628. The van der Waals surface area contributed by atoms with Gasteiger partial charge in [0.15, 0.2) is 0 Å². The number of hydrogen-bond donors (Lipinski definition) is 2. The predicted molar refractivity (Wildman–Crippen MR) is 77.3 cm³/mol. The number of halogens is 1. The predicted octanol–water partition coefficient (Wildman–Crippen LogP) is 2.55. The minimum absolute atomic E-state index is 0.0103. The molecule has 1 saturated heterocycles. The van der Waals surface area contributed by atoms with Crippen LogP contribution in [0.3, 0.4) is 0 Å². The Balaban J connectivity index is 1.93. The van der Waals surface area contributed by atoms with Crippen molar-refractivity contribution in [3.63, 3.8) is 0 Å². The van der Waals surface area contributed by atoms with Crippen LogP contribution < -0.4 is 10.6 Å². The van der Waals surface area contributed by atoms with Crippen LogP contribution in [0.5, 0.6) is 0 Å². The summed E-state index contributed by atoms with van der Waals surface area (Å²) in [5, 5.41) is 17.5. The van der Waals surface area contributed by atoms with Crippen LogP contribution in [0.4, 0.5) is 11.4 Å². The first kappa shape index (κ1) is 14.2. The minimum atomic E-state index is -0.414. The van der Waals surface area contributed by atoms with Crippen LogP contribution in [-0.4, -0.2) is 29.5 Å². The summed E-state index contributed by atoms with van der Waals surface area (Å²) in [6, 6.07) is 0. The standard InChI is InChI=1S/C12H17BrN4O2/c13-10-7-15-8-11(17(18)19)12(10)16-5-3-9-2-1-4-14-6-9/h7-9,14H,1-6H2,(H,15,16). The topological polar surface area (TPSA) is 80.1 Å². The van der Waals surface area contributed by atoms with Crippen LogP contribution in [0.15, 0.2) is 16.9 Å². The number of nitrogens with zero attached hydrogens (tertiary/aromatic N) is 2. The van der Waals surface area contributed by atoms with Crippen molar-refractivity contribution >= 4 is 27.3 Å². The molecular weight excluding hydrogens is 312 g/mol. The Kier molecular flexibility index (Phi) is 5.09. The highest BCUT2D eigenvalue weighted by Crippen LogP contribution is 2.31. The molecule has 1 aliphatic rings. The van der Waals surface area contributed by atoms with E-state index in [9.17, 15) is 10.1 Å². The van der Waals surface area contributed by atoms with Crippen molar-refractivity contribution in [3.8, 4) is 0 Å². The first-order chi connectivity index (χ1) is 9.18. The number of nitro groups is 1. The maximum atomic E-state index is 10.9. The third-order valence-corrected chi connectivity index (χ3v) is 3.93. The number of nitrogens with one attached hydrogen (secondary N) is 2. The summed E-state index contributed by atoms with van der Waals surface area (Å²) in [5.74, 6) is 0.654. The largest absolute Gasteiger partial charge is 0.378 e. The maximum Gasteiger partial charge on any atom is 0.311 e. The molecule has 1 aromatic heterocycles. The van der Waals surface area contributed by atoms with Gasteiger partial charge in [0.05, 0.1) is 9.40 Å². The van der Waals surface area contributed by atoms with E-state index in [2.05, 4.69) is 31.5 Å². The minimum Gasteiger partial charge on any atom is -0.378 e. The second-order valence-corrected chi connectivity index (χ2v) is 5.55. The number of pyridine rings is 1. The lowest BCUT2D eigenvalue weighted by Crippen LogP contribution is -2.30. The quantitative estimate of drug-likeness (QED) is 0.641. The van der Waals surface area contributed by atoms with Gasteiger partial charge in [-0.2, -0.15) is 0 Å². The Morgan fingerprint density at radius 3 is 3.11 bits per heavy atom. The van der Waals surface area contributed by atoms with Crippen LogP contribution in [0, 0.1) is 16.0 Å². The highest BCUT2D eigenvalue weighted by atomic mass is 79.9. The van der Waals surface area contributed by atoms with Crippen LogP contribution in [-0.2, 0) is 0 Å². The van der Waals surface area contributed by atoms with Crippen molar-refractivity contribution in [2.24, 2.45) is 5.92 Å². The summed E-state index contributed by atoms with van der Waals surface area (Å²) in [5.41, 5.74) is 0.528. The third kappa shape index (κ3) is 3.87. The molecule has 19 heavy (non-hydrogen) atoms. The van der Waals surface area contributed by atoms with Gasteiger partial charge in [0.1, 0.15) is 11.9 Å². The van der Waals surface area contributed by atoms with Crippen molar-refractivity contribution < 1.29 is 4.92 Å². The molecular formula is C12H17BrN4O2. The molecule has 0 amide bonds. The summed E-state index contributed by atoms with van der Waals surface area (Å²) in [6.07, 6.45) is 6.30. The molecule has 0 bridgehead atoms. The van der Waals surface area contributed by atoms with E-state index in [1.54, 1.807) is 6.20 Å². The smallest absolute Gasteiger partial charge is 0.311 e. The Hall–Kier alpha value is -1.21. The SMILES string of the molecule is O=[N+]([O-])c1cncc(Br)c1NCCC1CCCNC1. The zero-order valence-corrected chi connectivity index (χ0v) is 12.1. The Bertz CT molecular complexity index is 449. The van der Waals surface area contributed by atoms with Crippen molar-refractivity contribution in [2.45, 2.75) is 19.3 Å². The van der Waals surface area contributed by atoms with Gasteiger partial charge in [0.25, 0.3) is 0 Å². The fraction of sp³-hybridized carbons (Fsp3) is 0.583. The summed E-state index contributed by atoms with van der Waals surface area (Å²) >= 11 is 3.30. The lowest BCUT2D eigenvalue weighted by atomic mass is 9.96. The first-order valence-corrected chi connectivity index (χ1v) is 7.20. The molecule has 6 nitrogen and oxygen atoms in total. The van der Waals surface area contributed by atoms with Gasteiger partial charge in [-0.15, -0.1) is 0 Å². The zero-order valence-electron chi connectivity index (χ0n) is 10.6. The van der Waals surface area contributed by atoms with Gasteiger partial charge in [-0.25, -0.2) is 0 Å². The summed E-state index contributed by atoms with van der Waals surface area (Å²) in [6.45, 7) is 2.88. The van der Waals surface area contributed by atoms with Crippen LogP contribution >= 0.6 is 15.9 Å². The highest BCUT2D eigenvalue weighted by Gasteiger charge is 2.18. The number of piperidine rings is 1. The van der Waals surface area contributed by atoms with E-state index >= 15 is 0 Å². The lowest BCUT2D eigenvalue weighted by molar-refractivity contribution is -0.384. The van der Waals surface area contributed by atoms with Gasteiger partial charge >= 0.3 is 5.69 Å². The second-order valence-electron chi connectivity index (χ2n) is 4.70. The fourth-order valence-electron chi connectivity index (χ4n) is 2.31. The van der Waals surface area contributed by atoms with E-state index in [0.717, 1.165) is 26.1 Å². The van der Waals surface area contributed by atoms with Crippen molar-refractivity contribution in [1.82, 2.24) is 10.3 Å². The molecule has 2 heterocycles. The number of anilines is 1. The average molecular weight is 329 g/mol. The van der Waals surface area contributed by atoms with E-state index in [-0.39, 0.29) is 5.69 Å². The van der Waals surface area contributed by atoms with E-state index < -0.39 is 4.92 Å². The van der Waals surface area contributed by atoms with Crippen LogP contribution in [0.25, 0.3) is 0 Å². The monoisotopic (exact) mass is 328 g/mol. The van der Waals surface area contributed by atoms with E-state index in [0.29, 0.717) is 16.1 Å². The van der Waals surface area contributed by atoms with Crippen molar-refractivity contribution in [3.05, 3.63) is 27.0 Å². The number of hydrogen-bond acceptors (Lipinski definition) is 5. The Labute approximate surface area is 120 Å². The molecule has 0 aliphatic carbocycles. The summed E-state index contributed by atoms with van der Waals surface area (Å²) in [7, 11) is 0. The lowest BCUT2D eigenvalue weighted by Gasteiger charge is -2.22. The average Bonchev–Trinajstić information content (AvgIpc) is 2.41. The molecule has 7 heteroatoms. The molecule has 1 atom stereocenters. The van der Waals surface area contributed by atoms with Crippen LogP contribution in [0.2, 0.25) is 0 Å². The molecule has 0 radical (unpaired) electrons. The Morgan fingerprint density at radius 1 is 1.58 bits per heavy atom. The maximum absolute atomic E-state index is 10.9. The normalized spacial score (nSPS) is 19.1. The van der Waals surface area contributed by atoms with Crippen molar-refractivity contribution in [1.29, 1.82) is 0 Å². The van der Waals surface area contributed by atoms with Gasteiger partial charge in [-0.3, -0.25) is 15.1 Å². The zero-order chi connectivity index (χ0) is 13.7. The van der Waals surface area contributed by atoms with Crippen molar-refractivity contribution in [2.75, 3.05) is 25.0 Å².